The zero-order valence-electron chi connectivity index (χ0n) is 17.8. The molecule has 0 unspecified atom stereocenters. The van der Waals surface area contributed by atoms with Crippen LogP contribution in [0, 0.1) is 0 Å². The second kappa shape index (κ2) is 8.07. The number of likely N-dealkylation sites (tertiary alicyclic amines) is 1. The Morgan fingerprint density at radius 1 is 1.18 bits per heavy atom. The van der Waals surface area contributed by atoms with E-state index in [4.69, 9.17) is 23.1 Å². The van der Waals surface area contributed by atoms with Crippen LogP contribution in [-0.4, -0.2) is 62.8 Å². The van der Waals surface area contributed by atoms with Crippen molar-refractivity contribution in [2.75, 3.05) is 31.1 Å². The summed E-state index contributed by atoms with van der Waals surface area (Å²) < 4.78 is 0. The number of hydrogen-bond donors (Lipinski definition) is 5. The van der Waals surface area contributed by atoms with Crippen molar-refractivity contribution in [3.63, 3.8) is 0 Å². The molecule has 0 bridgehead atoms. The molecule has 0 saturated carbocycles. The van der Waals surface area contributed by atoms with Crippen LogP contribution in [0.3, 0.4) is 0 Å². The molecule has 7 N–H and O–H groups in total. The molecule has 1 saturated heterocycles. The van der Waals surface area contributed by atoms with Gasteiger partial charge in [0.2, 0.25) is 0 Å². The Balaban J connectivity index is 1.19. The molecule has 1 spiro atoms. The minimum absolute atomic E-state index is 0.0426. The molecular formula is C21H24ClN9O2. The van der Waals surface area contributed by atoms with E-state index in [0.717, 1.165) is 29.7 Å². The summed E-state index contributed by atoms with van der Waals surface area (Å²) in [5, 5.41) is 5.90. The van der Waals surface area contributed by atoms with Crippen LogP contribution in [-0.2, 0) is 11.2 Å². The third-order valence-electron chi connectivity index (χ3n) is 6.38. The molecule has 12 heteroatoms. The lowest BCUT2D eigenvalue weighted by atomic mass is 9.87. The van der Waals surface area contributed by atoms with Gasteiger partial charge in [-0.2, -0.15) is 0 Å². The molecule has 3 aliphatic rings. The minimum atomic E-state index is -0.579. The Morgan fingerprint density at radius 2 is 1.97 bits per heavy atom. The van der Waals surface area contributed by atoms with Gasteiger partial charge in [0.25, 0.3) is 11.8 Å². The molecule has 2 aliphatic heterocycles. The summed E-state index contributed by atoms with van der Waals surface area (Å²) in [6.45, 7) is 1.70. The lowest BCUT2D eigenvalue weighted by Gasteiger charge is -2.39. The number of nitrogens with one attached hydrogen (secondary N) is 3. The molecule has 0 radical (unpaired) electrons. The molecule has 2 aromatic heterocycles. The number of halogens is 1. The number of anilines is 2. The Kier molecular flexibility index (Phi) is 5.20. The van der Waals surface area contributed by atoms with E-state index in [0.29, 0.717) is 38.4 Å². The Labute approximate surface area is 194 Å². The number of nitrogen functional groups attached to an aromatic ring is 2. The van der Waals surface area contributed by atoms with Gasteiger partial charge in [-0.25, -0.2) is 9.97 Å². The van der Waals surface area contributed by atoms with E-state index in [1.54, 1.807) is 0 Å². The third-order valence-corrected chi connectivity index (χ3v) is 6.66. The predicted molar refractivity (Wildman–Crippen MR) is 124 cm³/mol. The van der Waals surface area contributed by atoms with Gasteiger partial charge in [0.1, 0.15) is 0 Å². The summed E-state index contributed by atoms with van der Waals surface area (Å²) in [6.07, 6.45) is 7.13. The summed E-state index contributed by atoms with van der Waals surface area (Å²) in [4.78, 5) is 43.0. The number of amides is 2. The van der Waals surface area contributed by atoms with Crippen molar-refractivity contribution in [2.45, 2.75) is 31.2 Å². The van der Waals surface area contributed by atoms with Gasteiger partial charge in [-0.05, 0) is 31.7 Å². The van der Waals surface area contributed by atoms with Crippen molar-refractivity contribution < 1.29 is 9.59 Å². The molecule has 33 heavy (non-hydrogen) atoms. The average molecular weight is 470 g/mol. The van der Waals surface area contributed by atoms with Crippen LogP contribution >= 0.6 is 11.6 Å². The maximum atomic E-state index is 13.2. The largest absolute Gasteiger partial charge is 0.382 e. The molecule has 4 heterocycles. The number of aromatic amines is 1. The first-order chi connectivity index (χ1) is 15.8. The molecule has 5 rings (SSSR count). The molecule has 172 valence electrons. The molecule has 1 aliphatic carbocycles. The summed E-state index contributed by atoms with van der Waals surface area (Å²) >= 11 is 5.86. The number of H-pyrrole nitrogens is 1. The van der Waals surface area contributed by atoms with Gasteiger partial charge >= 0.3 is 0 Å². The number of fused-ring (bicyclic) bond motifs is 1. The first kappa shape index (κ1) is 21.3. The monoisotopic (exact) mass is 469 g/mol. The van der Waals surface area contributed by atoms with Crippen molar-refractivity contribution in [3.8, 4) is 0 Å². The highest BCUT2D eigenvalue weighted by atomic mass is 35.5. The van der Waals surface area contributed by atoms with Crippen LogP contribution in [0.15, 0.2) is 23.3 Å². The summed E-state index contributed by atoms with van der Waals surface area (Å²) in [5.41, 5.74) is 13.8. The molecule has 2 aromatic rings. The molecule has 0 atom stereocenters. The number of aromatic nitrogens is 3. The number of aryl methyl sites for hydroxylation is 1. The topological polar surface area (TPSA) is 167 Å². The van der Waals surface area contributed by atoms with Crippen LogP contribution in [0.2, 0.25) is 5.15 Å². The summed E-state index contributed by atoms with van der Waals surface area (Å²) in [5.74, 6) is -0.339. The number of guanidine groups is 1. The fourth-order valence-electron chi connectivity index (χ4n) is 4.53. The highest BCUT2D eigenvalue weighted by Gasteiger charge is 2.41. The van der Waals surface area contributed by atoms with Crippen molar-refractivity contribution in [1.82, 2.24) is 30.5 Å². The van der Waals surface area contributed by atoms with E-state index >= 15 is 0 Å². The van der Waals surface area contributed by atoms with Gasteiger partial charge in [0, 0.05) is 36.1 Å². The van der Waals surface area contributed by atoms with E-state index in [-0.39, 0.29) is 33.9 Å². The van der Waals surface area contributed by atoms with Gasteiger partial charge in [0.15, 0.2) is 28.4 Å². The highest BCUT2D eigenvalue weighted by molar-refractivity contribution is 6.31. The number of nitrogens with two attached hydrogens (primary N) is 2. The summed E-state index contributed by atoms with van der Waals surface area (Å²) in [6, 6.07) is 1.97. The van der Waals surface area contributed by atoms with Crippen molar-refractivity contribution in [1.29, 1.82) is 0 Å². The molecule has 2 amide bonds. The van der Waals surface area contributed by atoms with Crippen molar-refractivity contribution in [3.05, 3.63) is 40.4 Å². The van der Waals surface area contributed by atoms with Gasteiger partial charge < -0.3 is 26.7 Å². The van der Waals surface area contributed by atoms with Gasteiger partial charge in [-0.3, -0.25) is 19.9 Å². The maximum absolute atomic E-state index is 13.2. The Bertz CT molecular complexity index is 1190. The highest BCUT2D eigenvalue weighted by Crippen LogP contribution is 2.31. The van der Waals surface area contributed by atoms with Crippen molar-refractivity contribution in [2.24, 2.45) is 4.99 Å². The SMILES string of the molecule is Nc1nc(N)c(C(=O)NC2=NCC3(CCN(C(=O)C4=CCCc5[nH]ccc54)CC3)N2)nc1Cl. The Morgan fingerprint density at radius 3 is 2.76 bits per heavy atom. The van der Waals surface area contributed by atoms with Crippen LogP contribution in [0.4, 0.5) is 11.6 Å². The lowest BCUT2D eigenvalue weighted by molar-refractivity contribution is -0.126. The number of carbonyl (C=O) groups excluding carboxylic acids is 2. The average Bonchev–Trinajstić information content (AvgIpc) is 3.43. The quantitative estimate of drug-likeness (QED) is 0.431. The van der Waals surface area contributed by atoms with E-state index in [1.807, 2.05) is 23.2 Å². The predicted octanol–water partition coefficient (Wildman–Crippen LogP) is 0.703. The van der Waals surface area contributed by atoms with Crippen LogP contribution in [0.5, 0.6) is 0 Å². The number of piperidine rings is 1. The first-order valence-electron chi connectivity index (χ1n) is 10.7. The fraction of sp³-hybridized carbons (Fsp3) is 0.381. The van der Waals surface area contributed by atoms with E-state index < -0.39 is 5.91 Å². The Hall–Kier alpha value is -3.60. The van der Waals surface area contributed by atoms with Crippen molar-refractivity contribution >= 4 is 46.6 Å². The molecule has 11 nitrogen and oxygen atoms in total. The number of carbonyl (C=O) groups is 2. The minimum Gasteiger partial charge on any atom is -0.382 e. The van der Waals surface area contributed by atoms with Gasteiger partial charge in [0.05, 0.1) is 12.1 Å². The van der Waals surface area contributed by atoms with Crippen LogP contribution in [0.1, 0.15) is 41.0 Å². The van der Waals surface area contributed by atoms with E-state index in [2.05, 4.69) is 30.6 Å². The third kappa shape index (κ3) is 3.88. The van der Waals surface area contributed by atoms with Crippen LogP contribution in [0.25, 0.3) is 5.57 Å². The molecule has 1 fully saturated rings. The second-order valence-corrected chi connectivity index (χ2v) is 8.83. The maximum Gasteiger partial charge on any atom is 0.280 e. The normalized spacial score (nSPS) is 18.9. The number of hydrogen-bond acceptors (Lipinski definition) is 8. The number of nitrogens with zero attached hydrogens (tertiary/aromatic N) is 4. The molecule has 0 aromatic carbocycles. The van der Waals surface area contributed by atoms with Gasteiger partial charge in [-0.15, -0.1) is 0 Å². The van der Waals surface area contributed by atoms with E-state index in [1.165, 1.54) is 0 Å². The lowest BCUT2D eigenvalue weighted by Crippen LogP contribution is -2.57. The molecular weight excluding hydrogens is 446 g/mol. The number of aliphatic imine (C=N–C) groups is 1. The number of rotatable bonds is 2. The van der Waals surface area contributed by atoms with Gasteiger partial charge in [-0.1, -0.05) is 17.7 Å². The zero-order chi connectivity index (χ0) is 23.2. The summed E-state index contributed by atoms with van der Waals surface area (Å²) in [7, 11) is 0. The first-order valence-corrected chi connectivity index (χ1v) is 11.1. The standard InChI is InChI=1S/C21H24ClN9O2/c22-15-17(24)28-16(23)14(27-15)18(32)29-20-26-10-21(30-20)5-8-31(9-6-21)19(33)12-2-1-3-13-11(12)4-7-25-13/h2,4,7,25H,1,3,5-6,8-10H2,(H4,23,24,28)(H2,26,29,30,32). The van der Waals surface area contributed by atoms with Crippen LogP contribution < -0.4 is 22.1 Å². The van der Waals surface area contributed by atoms with E-state index in [9.17, 15) is 9.59 Å². The number of allylic oxidation sites excluding steroid dienone is 1. The second-order valence-electron chi connectivity index (χ2n) is 8.48. The zero-order valence-corrected chi connectivity index (χ0v) is 18.6. The smallest absolute Gasteiger partial charge is 0.280 e. The fourth-order valence-corrected chi connectivity index (χ4v) is 4.66.